The number of esters is 2. The molecule has 0 spiro atoms. The molecule has 186 valence electrons. The molecule has 0 aliphatic carbocycles. The number of hydrogen-bond donors (Lipinski definition) is 1. The highest BCUT2D eigenvalue weighted by Gasteiger charge is 2.30. The molecule has 1 saturated heterocycles. The van der Waals surface area contributed by atoms with Gasteiger partial charge in [0, 0.05) is 37.6 Å². The number of carbonyl (C=O) groups is 2. The third kappa shape index (κ3) is 5.17. The maximum absolute atomic E-state index is 12.1. The van der Waals surface area contributed by atoms with Crippen LogP contribution in [0.4, 0.5) is 28.7 Å². The van der Waals surface area contributed by atoms with Crippen LogP contribution in [0.1, 0.15) is 20.7 Å². The molecular weight excluding hydrogens is 468 g/mol. The molecule has 0 radical (unpaired) electrons. The molecule has 36 heavy (non-hydrogen) atoms. The van der Waals surface area contributed by atoms with E-state index >= 15 is 0 Å². The number of nitrogens with zero attached hydrogens (tertiary/aromatic N) is 5. The minimum atomic E-state index is -0.682. The number of para-hydroxylation sites is 1. The lowest BCUT2D eigenvalue weighted by molar-refractivity contribution is -0.383. The highest BCUT2D eigenvalue weighted by Crippen LogP contribution is 2.34. The van der Waals surface area contributed by atoms with Crippen molar-refractivity contribution < 1.29 is 24.0 Å². The van der Waals surface area contributed by atoms with Crippen molar-refractivity contribution in [2.24, 2.45) is 0 Å². The number of carbonyl (C=O) groups excluding carboxylic acids is 2. The monoisotopic (exact) mass is 492 g/mol. The summed E-state index contributed by atoms with van der Waals surface area (Å²) in [5.74, 6) is -1.26. The van der Waals surface area contributed by atoms with Crippen LogP contribution in [0.15, 0.2) is 54.9 Å². The van der Waals surface area contributed by atoms with Crippen molar-refractivity contribution in [1.29, 1.82) is 0 Å². The van der Waals surface area contributed by atoms with Gasteiger partial charge in [-0.2, -0.15) is 0 Å². The fraction of sp³-hybridized carbons (Fsp3) is 0.250. The van der Waals surface area contributed by atoms with Crippen molar-refractivity contribution in [1.82, 2.24) is 9.97 Å². The van der Waals surface area contributed by atoms with Crippen LogP contribution in [-0.2, 0) is 9.47 Å². The van der Waals surface area contributed by atoms with E-state index in [0.29, 0.717) is 26.2 Å². The number of anilines is 4. The van der Waals surface area contributed by atoms with Crippen LogP contribution >= 0.6 is 0 Å². The van der Waals surface area contributed by atoms with E-state index in [9.17, 15) is 19.7 Å². The first-order chi connectivity index (χ1) is 17.4. The number of nitro groups is 1. The summed E-state index contributed by atoms with van der Waals surface area (Å²) in [5.41, 5.74) is 1.13. The second kappa shape index (κ2) is 10.7. The molecule has 1 aromatic heterocycles. The number of rotatable bonds is 7. The molecule has 0 amide bonds. The van der Waals surface area contributed by atoms with E-state index < -0.39 is 16.9 Å². The van der Waals surface area contributed by atoms with Gasteiger partial charge in [-0.25, -0.2) is 19.6 Å². The summed E-state index contributed by atoms with van der Waals surface area (Å²) >= 11 is 0. The molecule has 2 heterocycles. The second-order valence-electron chi connectivity index (χ2n) is 7.87. The molecule has 1 fully saturated rings. The van der Waals surface area contributed by atoms with Gasteiger partial charge in [0.05, 0.1) is 30.3 Å². The smallest absolute Gasteiger partial charge is 0.353 e. The largest absolute Gasteiger partial charge is 0.465 e. The van der Waals surface area contributed by atoms with Crippen molar-refractivity contribution in [2.75, 3.05) is 55.5 Å². The van der Waals surface area contributed by atoms with Gasteiger partial charge in [-0.1, -0.05) is 18.2 Å². The Hall–Kier alpha value is -4.74. The van der Waals surface area contributed by atoms with Gasteiger partial charge in [0.1, 0.15) is 6.33 Å². The highest BCUT2D eigenvalue weighted by atomic mass is 16.6. The van der Waals surface area contributed by atoms with Crippen molar-refractivity contribution in [3.8, 4) is 0 Å². The Balaban J connectivity index is 1.63. The van der Waals surface area contributed by atoms with Crippen LogP contribution in [0.2, 0.25) is 0 Å². The highest BCUT2D eigenvalue weighted by molar-refractivity contribution is 5.97. The standard InChI is InChI=1S/C24H24N6O6/c1-35-23(31)16-12-17(24(32)36-2)14-18(13-16)27-21-20(30(33)34)22(26-15-25-21)29-10-8-28(9-11-29)19-6-4-3-5-7-19/h3-7,12-15H,8-11H2,1-2H3,(H,25,26,27). The lowest BCUT2D eigenvalue weighted by atomic mass is 10.1. The third-order valence-corrected chi connectivity index (χ3v) is 5.72. The number of hydrogen-bond acceptors (Lipinski definition) is 11. The fourth-order valence-corrected chi connectivity index (χ4v) is 3.98. The summed E-state index contributed by atoms with van der Waals surface area (Å²) in [6.07, 6.45) is 1.24. The van der Waals surface area contributed by atoms with Gasteiger partial charge in [-0.05, 0) is 30.3 Å². The van der Waals surface area contributed by atoms with Crippen molar-refractivity contribution in [3.05, 3.63) is 76.1 Å². The molecule has 0 bridgehead atoms. The minimum Gasteiger partial charge on any atom is -0.465 e. The van der Waals surface area contributed by atoms with Gasteiger partial charge in [0.15, 0.2) is 0 Å². The van der Waals surface area contributed by atoms with Crippen molar-refractivity contribution >= 4 is 40.6 Å². The zero-order valence-corrected chi connectivity index (χ0v) is 19.7. The number of aromatic nitrogens is 2. The van der Waals surface area contributed by atoms with Gasteiger partial charge >= 0.3 is 17.6 Å². The lowest BCUT2D eigenvalue weighted by Crippen LogP contribution is -2.47. The molecule has 0 unspecified atom stereocenters. The van der Waals surface area contributed by atoms with E-state index in [1.807, 2.05) is 35.2 Å². The molecule has 12 nitrogen and oxygen atoms in total. The van der Waals surface area contributed by atoms with E-state index in [0.717, 1.165) is 5.69 Å². The first-order valence-electron chi connectivity index (χ1n) is 11.0. The number of ether oxygens (including phenoxy) is 2. The van der Waals surface area contributed by atoms with Crippen LogP contribution in [0, 0.1) is 10.1 Å². The normalized spacial score (nSPS) is 13.2. The molecule has 1 aliphatic rings. The van der Waals surface area contributed by atoms with E-state index in [4.69, 9.17) is 9.47 Å². The molecular formula is C24H24N6O6. The van der Waals surface area contributed by atoms with E-state index in [1.165, 1.54) is 38.7 Å². The van der Waals surface area contributed by atoms with Crippen molar-refractivity contribution in [2.45, 2.75) is 0 Å². The van der Waals surface area contributed by atoms with Crippen LogP contribution < -0.4 is 15.1 Å². The average Bonchev–Trinajstić information content (AvgIpc) is 2.92. The quantitative estimate of drug-likeness (QED) is 0.296. The molecule has 0 atom stereocenters. The summed E-state index contributed by atoms with van der Waals surface area (Å²) in [6, 6.07) is 14.1. The van der Waals surface area contributed by atoms with E-state index in [1.54, 1.807) is 0 Å². The summed E-state index contributed by atoms with van der Waals surface area (Å²) in [4.78, 5) is 48.1. The number of piperazine rings is 1. The third-order valence-electron chi connectivity index (χ3n) is 5.72. The maximum Gasteiger partial charge on any atom is 0.353 e. The topological polar surface area (TPSA) is 140 Å². The van der Waals surface area contributed by atoms with Crippen LogP contribution in [0.5, 0.6) is 0 Å². The van der Waals surface area contributed by atoms with Crippen LogP contribution in [0.25, 0.3) is 0 Å². The lowest BCUT2D eigenvalue weighted by Gasteiger charge is -2.36. The zero-order valence-electron chi connectivity index (χ0n) is 19.7. The van der Waals surface area contributed by atoms with Gasteiger partial charge in [0.25, 0.3) is 0 Å². The Morgan fingerprint density at radius 1 is 0.917 bits per heavy atom. The molecule has 3 aromatic rings. The Bertz CT molecular complexity index is 1240. The summed E-state index contributed by atoms with van der Waals surface area (Å²) in [6.45, 7) is 2.38. The molecule has 0 saturated carbocycles. The van der Waals surface area contributed by atoms with Gasteiger partial charge < -0.3 is 24.6 Å². The molecule has 1 N–H and O–H groups in total. The molecule has 1 aliphatic heterocycles. The molecule has 2 aromatic carbocycles. The molecule has 4 rings (SSSR count). The average molecular weight is 492 g/mol. The molecule has 12 heteroatoms. The summed E-state index contributed by atoms with van der Waals surface area (Å²) in [5, 5.41) is 15.0. The SMILES string of the molecule is COC(=O)c1cc(Nc2ncnc(N3CCN(c4ccccc4)CC3)c2[N+](=O)[O-])cc(C(=O)OC)c1. The van der Waals surface area contributed by atoms with Gasteiger partial charge in [0.2, 0.25) is 11.6 Å². The summed E-state index contributed by atoms with van der Waals surface area (Å²) < 4.78 is 9.50. The maximum atomic E-state index is 12.1. The number of benzene rings is 2. The number of nitrogens with one attached hydrogen (secondary N) is 1. The Kier molecular flexibility index (Phi) is 7.23. The number of methoxy groups -OCH3 is 2. The Morgan fingerprint density at radius 2 is 1.50 bits per heavy atom. The first-order valence-corrected chi connectivity index (χ1v) is 11.0. The predicted octanol–water partition coefficient (Wildman–Crippen LogP) is 3.03. The Labute approximate surface area is 206 Å². The van der Waals surface area contributed by atoms with E-state index in [-0.39, 0.29) is 34.1 Å². The second-order valence-corrected chi connectivity index (χ2v) is 7.87. The Morgan fingerprint density at radius 3 is 2.06 bits per heavy atom. The fourth-order valence-electron chi connectivity index (χ4n) is 3.98. The predicted molar refractivity (Wildman–Crippen MR) is 132 cm³/mol. The van der Waals surface area contributed by atoms with Gasteiger partial charge in [-0.15, -0.1) is 0 Å². The minimum absolute atomic E-state index is 0.0665. The summed E-state index contributed by atoms with van der Waals surface area (Å²) in [7, 11) is 2.42. The van der Waals surface area contributed by atoms with Gasteiger partial charge in [-0.3, -0.25) is 10.1 Å². The van der Waals surface area contributed by atoms with E-state index in [2.05, 4.69) is 20.2 Å². The first kappa shape index (κ1) is 24.4. The zero-order chi connectivity index (χ0) is 25.7. The van der Waals surface area contributed by atoms with Crippen molar-refractivity contribution in [3.63, 3.8) is 0 Å². The van der Waals surface area contributed by atoms with Crippen LogP contribution in [-0.4, -0.2) is 67.2 Å². The van der Waals surface area contributed by atoms with Crippen LogP contribution in [0.3, 0.4) is 0 Å².